The van der Waals surface area contributed by atoms with Gasteiger partial charge >= 0.3 is 0 Å². The maximum Gasteiger partial charge on any atom is 0.116 e. The van der Waals surface area contributed by atoms with Crippen LogP contribution in [0.1, 0.15) is 0 Å². The van der Waals surface area contributed by atoms with Gasteiger partial charge in [0.2, 0.25) is 0 Å². The maximum absolute atomic E-state index is 11.0. The first-order chi connectivity index (χ1) is 6.84. The highest BCUT2D eigenvalue weighted by Gasteiger charge is 2.01. The number of aromatic nitrogens is 3. The first kappa shape index (κ1) is 7.32. The molecule has 0 saturated carbocycles. The molecule has 0 aliphatic carbocycles. The number of imidazole rings is 1. The Morgan fingerprint density at radius 3 is 3.00 bits per heavy atom. The van der Waals surface area contributed by atoms with Gasteiger partial charge in [-0.05, 0) is 23.7 Å². The summed E-state index contributed by atoms with van der Waals surface area (Å²) in [6.07, 6.45) is 4.53. The Balaban J connectivity index is 2.57. The lowest BCUT2D eigenvalue weighted by Gasteiger charge is -2.10. The van der Waals surface area contributed by atoms with Gasteiger partial charge in [-0.1, -0.05) is 6.07 Å². The van der Waals surface area contributed by atoms with Crippen molar-refractivity contribution in [1.82, 2.24) is 14.7 Å². The van der Waals surface area contributed by atoms with Crippen molar-refractivity contribution in [2.75, 3.05) is 0 Å². The number of hydrogen-bond donors (Lipinski definition) is 0. The molecule has 2 heterocycles. The van der Waals surface area contributed by atoms with E-state index >= 15 is 0 Å². The van der Waals surface area contributed by atoms with Crippen LogP contribution in [0.2, 0.25) is 0 Å². The van der Waals surface area contributed by atoms with Gasteiger partial charge in [0.25, 0.3) is 0 Å². The second-order valence-electron chi connectivity index (χ2n) is 3.11. The molecule has 3 aromatic rings. The summed E-state index contributed by atoms with van der Waals surface area (Å²) >= 11 is 0. The van der Waals surface area contributed by atoms with Crippen molar-refractivity contribution in [2.24, 2.45) is 0 Å². The lowest BCUT2D eigenvalue weighted by molar-refractivity contribution is 1.08. The number of fused-ring (bicyclic) bond motifs is 3. The normalized spacial score (nSPS) is 11.1. The summed E-state index contributed by atoms with van der Waals surface area (Å²) in [6, 6.07) is 5.50. The van der Waals surface area contributed by atoms with Gasteiger partial charge in [-0.3, -0.25) is 0 Å². The molecule has 4 nitrogen and oxygen atoms in total. The van der Waals surface area contributed by atoms with Gasteiger partial charge in [-0.2, -0.15) is 0 Å². The molecule has 0 radical (unpaired) electrons. The Kier molecular flexibility index (Phi) is 1.28. The van der Waals surface area contributed by atoms with Crippen LogP contribution in [0.15, 0.2) is 36.9 Å². The molecule has 0 N–H and O–H groups in total. The third-order valence-electron chi connectivity index (χ3n) is 2.27. The van der Waals surface area contributed by atoms with Gasteiger partial charge in [-0.15, -0.1) is 0 Å². The lowest BCUT2D eigenvalue weighted by atomic mass is 10.1. The summed E-state index contributed by atoms with van der Waals surface area (Å²) in [6.45, 7) is 0. The van der Waals surface area contributed by atoms with Gasteiger partial charge in [-0.25, -0.2) is 9.97 Å². The van der Waals surface area contributed by atoms with Crippen LogP contribution in [0.4, 0.5) is 0 Å². The molecule has 3 rings (SSSR count). The smallest absolute Gasteiger partial charge is 0.116 e. The van der Waals surface area contributed by atoms with E-state index in [4.69, 9.17) is 0 Å². The van der Waals surface area contributed by atoms with Crippen LogP contribution in [-0.4, -0.2) is 14.7 Å². The van der Waals surface area contributed by atoms with E-state index in [9.17, 15) is 5.21 Å². The van der Waals surface area contributed by atoms with Crippen LogP contribution in [0.25, 0.3) is 21.8 Å². The third-order valence-corrected chi connectivity index (χ3v) is 2.27. The molecule has 0 aliphatic rings. The zero-order valence-corrected chi connectivity index (χ0v) is 7.21. The van der Waals surface area contributed by atoms with Crippen LogP contribution in [0.3, 0.4) is 0 Å². The molecule has 14 heavy (non-hydrogen) atoms. The summed E-state index contributed by atoms with van der Waals surface area (Å²) in [5.41, 5.74) is 1.71. The van der Waals surface area contributed by atoms with E-state index in [0.29, 0.717) is 0 Å². The quantitative estimate of drug-likeness (QED) is 0.536. The summed E-state index contributed by atoms with van der Waals surface area (Å²) in [5.74, 6) is 0. The first-order valence-electron chi connectivity index (χ1n) is 4.23. The molecule has 0 saturated heterocycles. The van der Waals surface area contributed by atoms with Gasteiger partial charge in [0.05, 0.1) is 11.0 Å². The molecule has 0 amide bonds. The summed E-state index contributed by atoms with van der Waals surface area (Å²) in [7, 11) is 0. The van der Waals surface area contributed by atoms with Crippen molar-refractivity contribution in [3.63, 3.8) is 0 Å². The van der Waals surface area contributed by atoms with E-state index in [1.165, 1.54) is 18.7 Å². The molecule has 0 unspecified atom stereocenters. The zero-order chi connectivity index (χ0) is 9.54. The largest absolute Gasteiger partial charge is 0.806 e. The minimum Gasteiger partial charge on any atom is -0.806 e. The maximum atomic E-state index is 11.0. The van der Waals surface area contributed by atoms with Crippen molar-refractivity contribution >= 4 is 21.8 Å². The Hall–Kier alpha value is -2.10. The molecular formula is C10H6N3O-. The Morgan fingerprint density at radius 1 is 1.14 bits per heavy atom. The fraction of sp³-hybridized carbons (Fsp3) is 0. The molecule has 0 aliphatic heterocycles. The number of benzene rings is 1. The SMILES string of the molecule is [O-]n1ccc2c(ccc3ncnc32)c1. The Bertz CT molecular complexity index is 615. The minimum absolute atomic E-state index is 0.782. The Labute approximate surface area is 79.4 Å². The van der Waals surface area contributed by atoms with Crippen molar-refractivity contribution in [2.45, 2.75) is 0 Å². The number of rotatable bonds is 0. The predicted molar refractivity (Wildman–Crippen MR) is 53.8 cm³/mol. The highest BCUT2D eigenvalue weighted by Crippen LogP contribution is 2.21. The predicted octanol–water partition coefficient (Wildman–Crippen LogP) is 1.93. The van der Waals surface area contributed by atoms with E-state index in [2.05, 4.69) is 9.97 Å². The molecule has 68 valence electrons. The molecule has 0 fully saturated rings. The van der Waals surface area contributed by atoms with Crippen LogP contribution in [0.5, 0.6) is 0 Å². The number of hydrogen-bond acceptors (Lipinski definition) is 3. The number of nitrogens with zero attached hydrogens (tertiary/aromatic N) is 3. The van der Waals surface area contributed by atoms with E-state index < -0.39 is 0 Å². The average molecular weight is 184 g/mol. The summed E-state index contributed by atoms with van der Waals surface area (Å²) < 4.78 is 0.782. The van der Waals surface area contributed by atoms with E-state index in [0.717, 1.165) is 26.5 Å². The van der Waals surface area contributed by atoms with Crippen molar-refractivity contribution < 1.29 is 0 Å². The summed E-state index contributed by atoms with van der Waals surface area (Å²) in [5, 5.41) is 12.9. The van der Waals surface area contributed by atoms with Crippen molar-refractivity contribution in [1.29, 1.82) is 0 Å². The monoisotopic (exact) mass is 184 g/mol. The minimum atomic E-state index is 0.782. The van der Waals surface area contributed by atoms with E-state index in [-0.39, 0.29) is 0 Å². The summed E-state index contributed by atoms with van der Waals surface area (Å²) in [4.78, 5) is 8.25. The van der Waals surface area contributed by atoms with Crippen LogP contribution in [-0.2, 0) is 0 Å². The highest BCUT2D eigenvalue weighted by molar-refractivity contribution is 6.03. The molecule has 4 heteroatoms. The zero-order valence-electron chi connectivity index (χ0n) is 7.21. The second kappa shape index (κ2) is 2.45. The van der Waals surface area contributed by atoms with Gasteiger partial charge < -0.3 is 9.94 Å². The van der Waals surface area contributed by atoms with Crippen LogP contribution < -0.4 is 0 Å². The van der Waals surface area contributed by atoms with Crippen molar-refractivity contribution in [3.8, 4) is 0 Å². The van der Waals surface area contributed by atoms with Gasteiger partial charge in [0.1, 0.15) is 6.33 Å². The molecule has 0 bridgehead atoms. The number of pyridine rings is 1. The van der Waals surface area contributed by atoms with E-state index in [1.54, 1.807) is 6.07 Å². The van der Waals surface area contributed by atoms with Gasteiger partial charge in [0, 0.05) is 11.6 Å². The third kappa shape index (κ3) is 0.877. The van der Waals surface area contributed by atoms with Crippen LogP contribution in [0, 0.1) is 5.21 Å². The van der Waals surface area contributed by atoms with Crippen LogP contribution >= 0.6 is 0 Å². The van der Waals surface area contributed by atoms with Gasteiger partial charge in [0.15, 0.2) is 0 Å². The van der Waals surface area contributed by atoms with Crippen molar-refractivity contribution in [3.05, 3.63) is 42.1 Å². The lowest BCUT2D eigenvalue weighted by Crippen LogP contribution is -1.86. The second-order valence-corrected chi connectivity index (χ2v) is 3.11. The first-order valence-corrected chi connectivity index (χ1v) is 4.23. The fourth-order valence-electron chi connectivity index (χ4n) is 1.62. The van der Waals surface area contributed by atoms with E-state index in [1.807, 2.05) is 12.1 Å². The molecule has 0 atom stereocenters. The fourth-order valence-corrected chi connectivity index (χ4v) is 1.62. The molecular weight excluding hydrogens is 178 g/mol. The standard InChI is InChI=1S/C10H6N3O/c14-13-4-3-8-7(5-13)1-2-9-10(8)12-6-11-9/h1-6H/q-1. The average Bonchev–Trinajstić information content (AvgIpc) is 2.65. The molecule has 2 aromatic heterocycles. The Morgan fingerprint density at radius 2 is 2.07 bits per heavy atom. The highest BCUT2D eigenvalue weighted by atomic mass is 16.5. The molecule has 0 spiro atoms. The topological polar surface area (TPSA) is 53.8 Å². The molecule has 1 aromatic carbocycles.